The van der Waals surface area contributed by atoms with Gasteiger partial charge in [0, 0.05) is 17.2 Å². The van der Waals surface area contributed by atoms with Gasteiger partial charge in [0.1, 0.15) is 11.4 Å². The molecule has 0 amide bonds. The molecule has 1 heterocycles. The molecule has 0 aromatic carbocycles. The minimum absolute atomic E-state index is 0. The van der Waals surface area contributed by atoms with Gasteiger partial charge >= 0.3 is 11.9 Å². The second-order valence-corrected chi connectivity index (χ2v) is 4.36. The second-order valence-electron chi connectivity index (χ2n) is 3.19. The third-order valence-corrected chi connectivity index (χ3v) is 2.98. The number of carbonyl (C=O) groups excluding carboxylic acids is 2. The average Bonchev–Trinajstić information content (AvgIpc) is 2.42. The summed E-state index contributed by atoms with van der Waals surface area (Å²) in [5.74, 6) is -0.531. The fourth-order valence-electron chi connectivity index (χ4n) is 1.18. The van der Waals surface area contributed by atoms with Crippen molar-refractivity contribution in [2.24, 2.45) is 5.73 Å². The Bertz CT molecular complexity index is 422. The summed E-state index contributed by atoms with van der Waals surface area (Å²) in [6, 6.07) is 3.11. The molecule has 2 N–H and O–H groups in total. The predicted molar refractivity (Wildman–Crippen MR) is 73.9 cm³/mol. The molecule has 0 fully saturated rings. The molecule has 0 aliphatic carbocycles. The number of nitrogens with two attached hydrogens (primary N) is 1. The Labute approximate surface area is 121 Å². The van der Waals surface area contributed by atoms with Crippen LogP contribution in [-0.2, 0) is 9.47 Å². The van der Waals surface area contributed by atoms with Gasteiger partial charge in [0.25, 0.3) is 0 Å². The molecule has 1 rings (SSSR count). The zero-order valence-corrected chi connectivity index (χ0v) is 12.2. The van der Waals surface area contributed by atoms with E-state index in [1.807, 2.05) is 0 Å². The van der Waals surface area contributed by atoms with E-state index in [0.29, 0.717) is 12.3 Å². The lowest BCUT2D eigenvalue weighted by Crippen LogP contribution is -2.11. The van der Waals surface area contributed by atoms with Crippen LogP contribution in [0.15, 0.2) is 17.0 Å². The maximum absolute atomic E-state index is 11.4. The number of ether oxygens (including phenoxy) is 2. The van der Waals surface area contributed by atoms with Crippen LogP contribution in [-0.4, -0.2) is 43.4 Å². The third kappa shape index (κ3) is 5.06. The van der Waals surface area contributed by atoms with Crippen LogP contribution >= 0.6 is 24.2 Å². The van der Waals surface area contributed by atoms with Crippen LogP contribution in [0.25, 0.3) is 0 Å². The summed E-state index contributed by atoms with van der Waals surface area (Å²) in [5, 5.41) is 0. The van der Waals surface area contributed by atoms with Crippen LogP contribution in [0.5, 0.6) is 0 Å². The van der Waals surface area contributed by atoms with Crippen molar-refractivity contribution >= 4 is 36.1 Å². The Kier molecular flexibility index (Phi) is 8.13. The highest BCUT2D eigenvalue weighted by molar-refractivity contribution is 7.99. The van der Waals surface area contributed by atoms with E-state index >= 15 is 0 Å². The van der Waals surface area contributed by atoms with Gasteiger partial charge in [-0.2, -0.15) is 0 Å². The normalized spacial score (nSPS) is 9.42. The van der Waals surface area contributed by atoms with Crippen LogP contribution in [0.4, 0.5) is 0 Å². The molecule has 106 valence electrons. The van der Waals surface area contributed by atoms with Gasteiger partial charge in [0.15, 0.2) is 0 Å². The Balaban J connectivity index is 0.00000324. The molecule has 0 spiro atoms. The number of methoxy groups -OCH3 is 2. The average molecular weight is 307 g/mol. The Hall–Kier alpha value is -1.31. The third-order valence-electron chi connectivity index (χ3n) is 1.97. The molecule has 0 atom stereocenters. The van der Waals surface area contributed by atoms with Crippen LogP contribution in [0.2, 0.25) is 0 Å². The summed E-state index contributed by atoms with van der Waals surface area (Å²) >= 11 is 1.42. The van der Waals surface area contributed by atoms with E-state index in [0.717, 1.165) is 4.90 Å². The summed E-state index contributed by atoms with van der Waals surface area (Å²) in [7, 11) is 2.50. The molecule has 6 nitrogen and oxygen atoms in total. The largest absolute Gasteiger partial charge is 0.464 e. The summed E-state index contributed by atoms with van der Waals surface area (Å²) in [4.78, 5) is 27.5. The molecule has 0 radical (unpaired) electrons. The first-order valence-corrected chi connectivity index (χ1v) is 6.12. The first-order valence-electron chi connectivity index (χ1n) is 5.14. The number of hydrogen-bond acceptors (Lipinski definition) is 7. The molecule has 0 saturated carbocycles. The fraction of sp³-hybridized carbons (Fsp3) is 0.364. The summed E-state index contributed by atoms with van der Waals surface area (Å²) in [6.45, 7) is 0.494. The second kappa shape index (κ2) is 8.73. The van der Waals surface area contributed by atoms with Gasteiger partial charge in [-0.3, -0.25) is 0 Å². The lowest BCUT2D eigenvalue weighted by atomic mass is 10.3. The van der Waals surface area contributed by atoms with Crippen molar-refractivity contribution < 1.29 is 19.1 Å². The monoisotopic (exact) mass is 306 g/mol. The fourth-order valence-corrected chi connectivity index (χ4v) is 1.93. The smallest absolute Gasteiger partial charge is 0.356 e. The number of hydrogen-bond donors (Lipinski definition) is 1. The maximum atomic E-state index is 11.4. The molecular formula is C11H15ClN2O4S. The van der Waals surface area contributed by atoms with E-state index in [1.165, 1.54) is 26.0 Å². The number of pyridine rings is 1. The molecular weight excluding hydrogens is 292 g/mol. The first kappa shape index (κ1) is 17.7. The van der Waals surface area contributed by atoms with Crippen molar-refractivity contribution in [2.75, 3.05) is 26.5 Å². The van der Waals surface area contributed by atoms with E-state index < -0.39 is 11.9 Å². The van der Waals surface area contributed by atoms with Gasteiger partial charge in [0.2, 0.25) is 0 Å². The van der Waals surface area contributed by atoms with Crippen molar-refractivity contribution in [1.82, 2.24) is 4.98 Å². The highest BCUT2D eigenvalue weighted by atomic mass is 35.5. The Morgan fingerprint density at radius 1 is 1.21 bits per heavy atom. The lowest BCUT2D eigenvalue weighted by molar-refractivity contribution is 0.0585. The van der Waals surface area contributed by atoms with Gasteiger partial charge in [0.05, 0.1) is 14.2 Å². The predicted octanol–water partition coefficient (Wildman–Crippen LogP) is 1.13. The molecule has 0 bridgehead atoms. The molecule has 0 saturated heterocycles. The Morgan fingerprint density at radius 3 is 2.05 bits per heavy atom. The van der Waals surface area contributed by atoms with Gasteiger partial charge in [-0.15, -0.1) is 24.2 Å². The minimum Gasteiger partial charge on any atom is -0.464 e. The lowest BCUT2D eigenvalue weighted by Gasteiger charge is -2.06. The van der Waals surface area contributed by atoms with E-state index in [9.17, 15) is 9.59 Å². The number of rotatable bonds is 5. The van der Waals surface area contributed by atoms with Crippen LogP contribution in [0.3, 0.4) is 0 Å². The molecule has 0 unspecified atom stereocenters. The van der Waals surface area contributed by atoms with E-state index in [2.05, 4.69) is 14.5 Å². The molecule has 19 heavy (non-hydrogen) atoms. The van der Waals surface area contributed by atoms with Crippen molar-refractivity contribution in [2.45, 2.75) is 4.90 Å². The quantitative estimate of drug-likeness (QED) is 0.644. The van der Waals surface area contributed by atoms with Crippen LogP contribution < -0.4 is 5.73 Å². The van der Waals surface area contributed by atoms with Crippen molar-refractivity contribution in [1.29, 1.82) is 0 Å². The zero-order valence-electron chi connectivity index (χ0n) is 10.5. The highest BCUT2D eigenvalue weighted by Gasteiger charge is 2.15. The summed E-state index contributed by atoms with van der Waals surface area (Å²) in [5.41, 5.74) is 5.54. The van der Waals surface area contributed by atoms with Gasteiger partial charge in [-0.1, -0.05) is 0 Å². The number of esters is 2. The molecule has 0 aliphatic heterocycles. The topological polar surface area (TPSA) is 91.5 Å². The van der Waals surface area contributed by atoms with Gasteiger partial charge in [-0.05, 0) is 12.1 Å². The van der Waals surface area contributed by atoms with Crippen molar-refractivity contribution in [3.05, 3.63) is 23.5 Å². The SMILES string of the molecule is COC(=O)c1cc(SCCN)cc(C(=O)OC)n1.Cl. The van der Waals surface area contributed by atoms with E-state index in [-0.39, 0.29) is 23.8 Å². The summed E-state index contributed by atoms with van der Waals surface area (Å²) in [6.07, 6.45) is 0. The van der Waals surface area contributed by atoms with Gasteiger partial charge in [-0.25, -0.2) is 14.6 Å². The Morgan fingerprint density at radius 2 is 1.68 bits per heavy atom. The minimum atomic E-state index is -0.602. The first-order chi connectivity index (χ1) is 8.62. The molecule has 1 aromatic heterocycles. The summed E-state index contributed by atoms with van der Waals surface area (Å²) < 4.78 is 9.15. The molecule has 8 heteroatoms. The van der Waals surface area contributed by atoms with Crippen molar-refractivity contribution in [3.63, 3.8) is 0 Å². The number of halogens is 1. The standard InChI is InChI=1S/C11H14N2O4S.ClH/c1-16-10(14)8-5-7(18-4-3-12)6-9(13-8)11(15)17-2;/h5-6H,3-4,12H2,1-2H3;1H. The van der Waals surface area contributed by atoms with Crippen LogP contribution in [0.1, 0.15) is 21.0 Å². The van der Waals surface area contributed by atoms with Crippen molar-refractivity contribution in [3.8, 4) is 0 Å². The van der Waals surface area contributed by atoms with E-state index in [1.54, 1.807) is 12.1 Å². The molecule has 1 aromatic rings. The number of carbonyl (C=O) groups is 2. The van der Waals surface area contributed by atoms with E-state index in [4.69, 9.17) is 5.73 Å². The van der Waals surface area contributed by atoms with Crippen LogP contribution in [0, 0.1) is 0 Å². The van der Waals surface area contributed by atoms with Gasteiger partial charge < -0.3 is 15.2 Å². The zero-order chi connectivity index (χ0) is 13.5. The number of aromatic nitrogens is 1. The number of thioether (sulfide) groups is 1. The maximum Gasteiger partial charge on any atom is 0.356 e. The highest BCUT2D eigenvalue weighted by Crippen LogP contribution is 2.20. The molecule has 0 aliphatic rings. The number of nitrogens with zero attached hydrogens (tertiary/aromatic N) is 1.